The molecule has 0 spiro atoms. The number of hydrogen-bond donors (Lipinski definition) is 0. The van der Waals surface area contributed by atoms with Gasteiger partial charge in [0.25, 0.3) is 0 Å². The maximum Gasteiger partial charge on any atom is 0.0727 e. The molecule has 0 atom stereocenters. The molecule has 526 valence electrons. The Balaban J connectivity index is 0.000000144. The van der Waals surface area contributed by atoms with E-state index in [1.165, 1.54) is 162 Å². The van der Waals surface area contributed by atoms with Crippen molar-refractivity contribution in [2.24, 2.45) is 0 Å². The number of hydrogen-bond acceptors (Lipinski definition) is 4. The van der Waals surface area contributed by atoms with E-state index in [-0.39, 0.29) is 0 Å². The van der Waals surface area contributed by atoms with Gasteiger partial charge >= 0.3 is 0 Å². The second kappa shape index (κ2) is 28.1. The summed E-state index contributed by atoms with van der Waals surface area (Å²) in [7, 11) is 0. The summed E-state index contributed by atoms with van der Waals surface area (Å²) in [6, 6.07) is 154. The highest BCUT2D eigenvalue weighted by Gasteiger charge is 2.24. The molecule has 0 aliphatic rings. The summed E-state index contributed by atoms with van der Waals surface area (Å²) in [4.78, 5) is 4.75. The van der Waals surface area contributed by atoms with E-state index in [9.17, 15) is 0 Å². The number of benzene rings is 18. The van der Waals surface area contributed by atoms with E-state index in [1.807, 2.05) is 22.7 Å². The average Bonchev–Trinajstić information content (AvgIpc) is 1.56. The topological polar surface area (TPSA) is 16.3 Å². The second-order valence-electron chi connectivity index (χ2n) is 28.7. The summed E-state index contributed by atoms with van der Waals surface area (Å²) < 4.78 is 10.1. The van der Waals surface area contributed by atoms with Crippen molar-refractivity contribution < 1.29 is 0 Å². The van der Waals surface area contributed by atoms with Gasteiger partial charge in [0.05, 0.1) is 31.5 Å². The molecule has 4 aromatic heterocycles. The van der Waals surface area contributed by atoms with Crippen LogP contribution in [0.5, 0.6) is 0 Å². The minimum absolute atomic E-state index is 1.10. The fourth-order valence-electron chi connectivity index (χ4n) is 16.9. The van der Waals surface area contributed by atoms with Crippen molar-refractivity contribution in [1.82, 2.24) is 9.13 Å². The Morgan fingerprint density at radius 2 is 0.509 bits per heavy atom. The molecule has 0 radical (unpaired) electrons. The standard InChI is InChI=1S/C58H38N2S.C48H32N2S/c1-2-19-44(20-3-1)60-55-29-9-8-24-53(55)58-56(60)54-28-13-27-52(57(54)61-58)43-18-10-21-47(38-43)59(45-34-30-41(31-35-45)50-25-11-16-39-14-4-6-22-48(39)50)46-36-32-42(33-37-46)51-26-12-17-40-15-5-7-23-49(40)51;1-3-16-38(17-4-1)49(40-29-27-34(28-30-40)36-26-25-33-13-7-8-14-35(33)31-36)41-20-11-15-37(32-41)42-22-12-23-44-46-48(51-47(42)44)43-21-9-10-24-45(43)50(46)39-18-5-2-6-19-39/h1-38H;1-32H. The lowest BCUT2D eigenvalue weighted by Gasteiger charge is -2.26. The normalized spacial score (nSPS) is 11.6. The van der Waals surface area contributed by atoms with E-state index in [4.69, 9.17) is 0 Å². The monoisotopic (exact) mass is 1460 g/mol. The number of thiophene rings is 2. The first kappa shape index (κ1) is 66.1. The highest BCUT2D eigenvalue weighted by Crippen LogP contribution is 2.50. The summed E-state index contributed by atoms with van der Waals surface area (Å²) in [5.74, 6) is 0. The van der Waals surface area contributed by atoms with Crippen LogP contribution in [0.15, 0.2) is 425 Å². The molecule has 0 fully saturated rings. The summed E-state index contributed by atoms with van der Waals surface area (Å²) in [5, 5.41) is 12.7. The van der Waals surface area contributed by atoms with Crippen molar-refractivity contribution in [1.29, 1.82) is 0 Å². The third-order valence-corrected chi connectivity index (χ3v) is 24.7. The summed E-state index contributed by atoms with van der Waals surface area (Å²) in [5.41, 5.74) is 26.2. The van der Waals surface area contributed by atoms with Crippen LogP contribution in [0.2, 0.25) is 0 Å². The molecule has 0 amide bonds. The first-order valence-corrected chi connectivity index (χ1v) is 39.8. The van der Waals surface area contributed by atoms with E-state index >= 15 is 0 Å². The molecule has 18 aromatic carbocycles. The van der Waals surface area contributed by atoms with Crippen molar-refractivity contribution in [3.8, 4) is 67.0 Å². The molecule has 0 unspecified atom stereocenters. The Kier molecular flexibility index (Phi) is 16.6. The molecule has 0 N–H and O–H groups in total. The third kappa shape index (κ3) is 11.7. The smallest absolute Gasteiger partial charge is 0.0727 e. The molecule has 0 bridgehead atoms. The zero-order valence-corrected chi connectivity index (χ0v) is 62.7. The summed E-state index contributed by atoms with van der Waals surface area (Å²) in [6.45, 7) is 0. The van der Waals surface area contributed by atoms with E-state index in [1.54, 1.807) is 0 Å². The lowest BCUT2D eigenvalue weighted by atomic mass is 9.97. The van der Waals surface area contributed by atoms with Crippen LogP contribution in [0.25, 0.3) is 162 Å². The predicted octanol–water partition coefficient (Wildman–Crippen LogP) is 30.7. The number of aromatic nitrogens is 2. The van der Waals surface area contributed by atoms with Crippen LogP contribution in [0.4, 0.5) is 34.1 Å². The van der Waals surface area contributed by atoms with Crippen molar-refractivity contribution in [2.75, 3.05) is 9.80 Å². The van der Waals surface area contributed by atoms with Crippen LogP contribution < -0.4 is 9.80 Å². The number of fused-ring (bicyclic) bond motifs is 13. The van der Waals surface area contributed by atoms with E-state index in [0.29, 0.717) is 0 Å². The lowest BCUT2D eigenvalue weighted by Crippen LogP contribution is -2.10. The predicted molar refractivity (Wildman–Crippen MR) is 481 cm³/mol. The van der Waals surface area contributed by atoms with Crippen molar-refractivity contribution >= 4 is 152 Å². The first-order valence-electron chi connectivity index (χ1n) is 38.2. The average molecular weight is 1460 g/mol. The van der Waals surface area contributed by atoms with Crippen molar-refractivity contribution in [2.45, 2.75) is 0 Å². The Labute approximate surface area is 657 Å². The van der Waals surface area contributed by atoms with E-state index in [2.05, 4.69) is 444 Å². The minimum Gasteiger partial charge on any atom is -0.310 e. The van der Waals surface area contributed by atoms with Gasteiger partial charge in [0.1, 0.15) is 0 Å². The Hall–Kier alpha value is -14.1. The van der Waals surface area contributed by atoms with Crippen LogP contribution in [0, 0.1) is 0 Å². The van der Waals surface area contributed by atoms with Gasteiger partial charge in [0, 0.05) is 76.4 Å². The van der Waals surface area contributed by atoms with E-state index < -0.39 is 0 Å². The van der Waals surface area contributed by atoms with Crippen LogP contribution in [-0.2, 0) is 0 Å². The molecule has 6 heteroatoms. The molecule has 4 nitrogen and oxygen atoms in total. The van der Waals surface area contributed by atoms with Gasteiger partial charge in [-0.05, 0) is 203 Å². The summed E-state index contributed by atoms with van der Waals surface area (Å²) >= 11 is 3.80. The van der Waals surface area contributed by atoms with Gasteiger partial charge in [0.2, 0.25) is 0 Å². The molecule has 0 saturated carbocycles. The maximum atomic E-state index is 2.44. The molecule has 0 saturated heterocycles. The number of para-hydroxylation sites is 5. The third-order valence-electron chi connectivity index (χ3n) is 22.1. The minimum atomic E-state index is 1.10. The lowest BCUT2D eigenvalue weighted by molar-refractivity contribution is 1.19. The van der Waals surface area contributed by atoms with Crippen molar-refractivity contribution in [3.63, 3.8) is 0 Å². The van der Waals surface area contributed by atoms with Crippen LogP contribution >= 0.6 is 22.7 Å². The number of rotatable bonds is 13. The molecular weight excluding hydrogens is 1390 g/mol. The van der Waals surface area contributed by atoms with Gasteiger partial charge in [-0.3, -0.25) is 0 Å². The van der Waals surface area contributed by atoms with Gasteiger partial charge in [-0.15, -0.1) is 22.7 Å². The SMILES string of the molecule is c1ccc(-n2c3ccccc3c3sc4c(-c5cccc(N(c6ccc(-c7cccc8ccccc78)cc6)c6ccc(-c7cccc8ccccc78)cc6)c5)cccc4c32)cc1.c1ccc(N(c2ccc(-c3ccc4ccccc4c3)cc2)c2cccc(-c3cccc4c3sc3c5ccccc5n(-c5ccccc5)c43)c2)cc1. The Bertz CT molecular complexity index is 7160. The highest BCUT2D eigenvalue weighted by molar-refractivity contribution is 7.27. The largest absolute Gasteiger partial charge is 0.310 e. The van der Waals surface area contributed by atoms with Gasteiger partial charge < -0.3 is 18.9 Å². The Morgan fingerprint density at radius 3 is 0.982 bits per heavy atom. The van der Waals surface area contributed by atoms with Gasteiger partial charge in [-0.1, -0.05) is 309 Å². The van der Waals surface area contributed by atoms with Crippen LogP contribution in [-0.4, -0.2) is 9.13 Å². The fourth-order valence-corrected chi connectivity index (χ4v) is 19.6. The zero-order valence-electron chi connectivity index (χ0n) is 61.0. The highest BCUT2D eigenvalue weighted by atomic mass is 32.1. The van der Waals surface area contributed by atoms with Gasteiger partial charge in [-0.2, -0.15) is 0 Å². The Morgan fingerprint density at radius 1 is 0.179 bits per heavy atom. The quantitative estimate of drug-likeness (QED) is 0.114. The van der Waals surface area contributed by atoms with E-state index in [0.717, 1.165) is 34.1 Å². The molecule has 22 rings (SSSR count). The molecule has 112 heavy (non-hydrogen) atoms. The van der Waals surface area contributed by atoms with Crippen LogP contribution in [0.1, 0.15) is 0 Å². The maximum absolute atomic E-state index is 2.44. The molecular formula is C106H70N4S2. The van der Waals surface area contributed by atoms with Crippen molar-refractivity contribution in [3.05, 3.63) is 425 Å². The van der Waals surface area contributed by atoms with Gasteiger partial charge in [0.15, 0.2) is 0 Å². The molecule has 0 aliphatic heterocycles. The van der Waals surface area contributed by atoms with Gasteiger partial charge in [-0.25, -0.2) is 0 Å². The second-order valence-corrected chi connectivity index (χ2v) is 30.7. The molecule has 0 aliphatic carbocycles. The first-order chi connectivity index (χ1) is 55.6. The van der Waals surface area contributed by atoms with Crippen LogP contribution in [0.3, 0.4) is 0 Å². The fraction of sp³-hybridized carbons (Fsp3) is 0. The number of anilines is 6. The number of nitrogens with zero attached hydrogens (tertiary/aromatic N) is 4. The summed E-state index contributed by atoms with van der Waals surface area (Å²) in [6.07, 6.45) is 0. The molecule has 4 heterocycles. The zero-order chi connectivity index (χ0) is 74.0. The molecule has 22 aromatic rings.